The number of aromatic nitrogens is 4. The first kappa shape index (κ1) is 20.1. The molecule has 1 N–H and O–H groups in total. The summed E-state index contributed by atoms with van der Waals surface area (Å²) in [4.78, 5) is 29.1. The van der Waals surface area contributed by atoms with E-state index >= 15 is 0 Å². The van der Waals surface area contributed by atoms with Crippen LogP contribution in [0.3, 0.4) is 0 Å². The molecular formula is C20H24ClN5O2. The van der Waals surface area contributed by atoms with Gasteiger partial charge in [0.2, 0.25) is 5.91 Å². The fourth-order valence-electron chi connectivity index (χ4n) is 2.95. The van der Waals surface area contributed by atoms with E-state index in [9.17, 15) is 9.59 Å². The second kappa shape index (κ2) is 8.14. The highest BCUT2D eigenvalue weighted by Gasteiger charge is 2.16. The van der Waals surface area contributed by atoms with Crippen LogP contribution in [0.1, 0.15) is 32.8 Å². The van der Waals surface area contributed by atoms with Crippen molar-refractivity contribution >= 4 is 28.5 Å². The summed E-state index contributed by atoms with van der Waals surface area (Å²) in [5.74, 6) is 0.000739. The first-order valence-electron chi connectivity index (χ1n) is 9.15. The van der Waals surface area contributed by atoms with E-state index in [0.717, 1.165) is 5.56 Å². The van der Waals surface area contributed by atoms with Crippen molar-refractivity contribution in [2.45, 2.75) is 40.3 Å². The van der Waals surface area contributed by atoms with Crippen molar-refractivity contribution in [2.75, 3.05) is 6.54 Å². The summed E-state index contributed by atoms with van der Waals surface area (Å²) in [6, 6.07) is 7.37. The molecule has 0 bridgehead atoms. The number of carbonyl (C=O) groups is 1. The van der Waals surface area contributed by atoms with Crippen LogP contribution in [0.25, 0.3) is 11.0 Å². The number of halogens is 1. The van der Waals surface area contributed by atoms with Crippen LogP contribution in [0.2, 0.25) is 5.02 Å². The van der Waals surface area contributed by atoms with Gasteiger partial charge in [0.15, 0.2) is 5.65 Å². The Hall–Kier alpha value is -2.67. The summed E-state index contributed by atoms with van der Waals surface area (Å²) in [5.41, 5.74) is 1.22. The molecule has 2 aromatic heterocycles. The Bertz CT molecular complexity index is 1050. The Morgan fingerprint density at radius 3 is 2.79 bits per heavy atom. The molecule has 7 nitrogen and oxygen atoms in total. The minimum atomic E-state index is -0.159. The van der Waals surface area contributed by atoms with E-state index in [2.05, 4.69) is 15.4 Å². The number of nitrogens with one attached hydrogen (secondary N) is 1. The average molecular weight is 402 g/mol. The quantitative estimate of drug-likeness (QED) is 0.688. The zero-order valence-electron chi connectivity index (χ0n) is 16.3. The molecule has 8 heteroatoms. The zero-order valence-corrected chi connectivity index (χ0v) is 17.0. The maximum absolute atomic E-state index is 12.7. The Morgan fingerprint density at radius 2 is 2.07 bits per heavy atom. The van der Waals surface area contributed by atoms with Crippen LogP contribution in [0.15, 0.2) is 41.6 Å². The highest BCUT2D eigenvalue weighted by molar-refractivity contribution is 6.30. The predicted molar refractivity (Wildman–Crippen MR) is 109 cm³/mol. The van der Waals surface area contributed by atoms with Crippen molar-refractivity contribution in [3.8, 4) is 0 Å². The van der Waals surface area contributed by atoms with E-state index in [1.807, 2.05) is 39.0 Å². The highest BCUT2D eigenvalue weighted by Crippen LogP contribution is 2.17. The summed E-state index contributed by atoms with van der Waals surface area (Å²) < 4.78 is 3.17. The third kappa shape index (κ3) is 4.98. The van der Waals surface area contributed by atoms with Crippen molar-refractivity contribution < 1.29 is 4.79 Å². The maximum atomic E-state index is 12.7. The number of carbonyl (C=O) groups excluding carboxylic acids is 1. The molecule has 0 unspecified atom stereocenters. The monoisotopic (exact) mass is 401 g/mol. The summed E-state index contributed by atoms with van der Waals surface area (Å²) in [6.45, 7) is 7.32. The number of hydrogen-bond acceptors (Lipinski definition) is 4. The second-order valence-corrected chi connectivity index (χ2v) is 8.44. The van der Waals surface area contributed by atoms with Crippen LogP contribution in [0.4, 0.5) is 0 Å². The van der Waals surface area contributed by atoms with Crippen LogP contribution in [0.5, 0.6) is 0 Å². The SMILES string of the molecule is CC(C)(C)CC(=O)NCCn1ncc2c(=O)n(Cc3cccc(Cl)c3)cnc21. The number of amides is 1. The smallest absolute Gasteiger partial charge is 0.264 e. The Morgan fingerprint density at radius 1 is 1.29 bits per heavy atom. The van der Waals surface area contributed by atoms with Crippen molar-refractivity contribution in [1.82, 2.24) is 24.6 Å². The Balaban J connectivity index is 1.70. The molecule has 3 aromatic rings. The summed E-state index contributed by atoms with van der Waals surface area (Å²) >= 11 is 6.01. The van der Waals surface area contributed by atoms with Crippen molar-refractivity contribution in [3.63, 3.8) is 0 Å². The molecule has 28 heavy (non-hydrogen) atoms. The molecule has 0 saturated carbocycles. The summed E-state index contributed by atoms with van der Waals surface area (Å²) in [7, 11) is 0. The van der Waals surface area contributed by atoms with Gasteiger partial charge in [-0.15, -0.1) is 0 Å². The molecule has 0 fully saturated rings. The fraction of sp³-hybridized carbons (Fsp3) is 0.400. The maximum Gasteiger partial charge on any atom is 0.264 e. The van der Waals surface area contributed by atoms with Crippen molar-refractivity contribution in [3.05, 3.63) is 57.7 Å². The fourth-order valence-corrected chi connectivity index (χ4v) is 3.16. The number of fused-ring (bicyclic) bond motifs is 1. The third-order valence-corrected chi connectivity index (χ3v) is 4.44. The minimum absolute atomic E-state index is 0.000739. The van der Waals surface area contributed by atoms with E-state index in [0.29, 0.717) is 42.1 Å². The van der Waals surface area contributed by atoms with Crippen LogP contribution in [-0.2, 0) is 17.9 Å². The molecule has 0 saturated heterocycles. The Kier molecular flexibility index (Phi) is 5.84. The lowest BCUT2D eigenvalue weighted by atomic mass is 9.92. The van der Waals surface area contributed by atoms with E-state index in [1.165, 1.54) is 17.1 Å². The van der Waals surface area contributed by atoms with E-state index < -0.39 is 0 Å². The molecule has 0 aliphatic rings. The van der Waals surface area contributed by atoms with E-state index in [1.54, 1.807) is 10.7 Å². The molecule has 2 heterocycles. The molecular weight excluding hydrogens is 378 g/mol. The van der Waals surface area contributed by atoms with E-state index in [4.69, 9.17) is 11.6 Å². The normalized spacial score (nSPS) is 11.7. The van der Waals surface area contributed by atoms with Gasteiger partial charge in [-0.3, -0.25) is 14.2 Å². The van der Waals surface area contributed by atoms with Crippen molar-refractivity contribution in [1.29, 1.82) is 0 Å². The van der Waals surface area contributed by atoms with Crippen molar-refractivity contribution in [2.24, 2.45) is 5.41 Å². The first-order valence-corrected chi connectivity index (χ1v) is 9.53. The lowest BCUT2D eigenvalue weighted by Crippen LogP contribution is -2.30. The van der Waals surface area contributed by atoms with Gasteiger partial charge in [-0.1, -0.05) is 44.5 Å². The van der Waals surface area contributed by atoms with Crippen LogP contribution < -0.4 is 10.9 Å². The number of rotatable bonds is 6. The van der Waals surface area contributed by atoms with Gasteiger partial charge in [-0.2, -0.15) is 5.10 Å². The Labute approximate surface area is 168 Å². The zero-order chi connectivity index (χ0) is 20.3. The van der Waals surface area contributed by atoms with Crippen LogP contribution in [-0.4, -0.2) is 31.8 Å². The van der Waals surface area contributed by atoms with Gasteiger partial charge in [0.1, 0.15) is 11.7 Å². The number of nitrogens with zero attached hydrogens (tertiary/aromatic N) is 4. The van der Waals surface area contributed by atoms with Crippen LogP contribution >= 0.6 is 11.6 Å². The van der Waals surface area contributed by atoms with Gasteiger partial charge in [-0.05, 0) is 23.1 Å². The molecule has 0 aliphatic heterocycles. The van der Waals surface area contributed by atoms with Gasteiger partial charge >= 0.3 is 0 Å². The summed E-state index contributed by atoms with van der Waals surface area (Å²) in [6.07, 6.45) is 3.50. The highest BCUT2D eigenvalue weighted by atomic mass is 35.5. The topological polar surface area (TPSA) is 81.8 Å². The van der Waals surface area contributed by atoms with Gasteiger partial charge in [0.25, 0.3) is 5.56 Å². The van der Waals surface area contributed by atoms with E-state index in [-0.39, 0.29) is 16.9 Å². The van der Waals surface area contributed by atoms with Crippen LogP contribution in [0, 0.1) is 5.41 Å². The third-order valence-electron chi connectivity index (χ3n) is 4.20. The first-order chi connectivity index (χ1) is 13.2. The number of hydrogen-bond donors (Lipinski definition) is 1. The standard InChI is InChI=1S/C20H24ClN5O2/c1-20(2,3)10-17(27)22-7-8-26-18-16(11-24-26)19(28)25(13-23-18)12-14-5-4-6-15(21)9-14/h4-6,9,11,13H,7-8,10,12H2,1-3H3,(H,22,27). The summed E-state index contributed by atoms with van der Waals surface area (Å²) in [5, 5.41) is 8.22. The lowest BCUT2D eigenvalue weighted by Gasteiger charge is -2.17. The van der Waals surface area contributed by atoms with Gasteiger partial charge < -0.3 is 5.32 Å². The molecule has 148 valence electrons. The molecule has 0 spiro atoms. The number of benzene rings is 1. The van der Waals surface area contributed by atoms with Gasteiger partial charge in [0.05, 0.1) is 19.3 Å². The van der Waals surface area contributed by atoms with Gasteiger partial charge in [-0.25, -0.2) is 9.67 Å². The minimum Gasteiger partial charge on any atom is -0.354 e. The largest absolute Gasteiger partial charge is 0.354 e. The molecule has 0 radical (unpaired) electrons. The molecule has 0 atom stereocenters. The van der Waals surface area contributed by atoms with Gasteiger partial charge in [0, 0.05) is 18.0 Å². The average Bonchev–Trinajstić information content (AvgIpc) is 3.00. The molecule has 1 amide bonds. The molecule has 0 aliphatic carbocycles. The lowest BCUT2D eigenvalue weighted by molar-refractivity contribution is -0.122. The predicted octanol–water partition coefficient (Wildman–Crippen LogP) is 2.85. The molecule has 1 aromatic carbocycles. The second-order valence-electron chi connectivity index (χ2n) is 8.00. The molecule has 3 rings (SSSR count).